The van der Waals surface area contributed by atoms with Gasteiger partial charge in [0.25, 0.3) is 0 Å². The maximum Gasteiger partial charge on any atom is 0.131 e. The Morgan fingerprint density at radius 2 is 1.54 bits per heavy atom. The number of fused-ring (bicyclic) bond motifs is 1. The molecular formula is C22H29NSi. The summed E-state index contributed by atoms with van der Waals surface area (Å²) >= 11 is 0. The van der Waals surface area contributed by atoms with Crippen LogP contribution in [-0.4, -0.2) is 13.8 Å². The highest BCUT2D eigenvalue weighted by atomic mass is 28.3. The first kappa shape index (κ1) is 17.2. The van der Waals surface area contributed by atoms with E-state index in [0.717, 1.165) is 6.42 Å². The molecule has 1 unspecified atom stereocenters. The number of rotatable bonds is 4. The SMILES string of the molecule is CC(C)(C)N[Si](C)(C)C1C=C(Cc2ccccc2)c2ccccc21. The summed E-state index contributed by atoms with van der Waals surface area (Å²) in [5.74, 6) is 0. The molecule has 1 nitrogen and oxygen atoms in total. The minimum atomic E-state index is -1.64. The van der Waals surface area contributed by atoms with Gasteiger partial charge in [0, 0.05) is 11.1 Å². The van der Waals surface area contributed by atoms with Gasteiger partial charge in [0.15, 0.2) is 0 Å². The molecule has 1 aliphatic rings. The fourth-order valence-corrected chi connectivity index (χ4v) is 7.79. The lowest BCUT2D eigenvalue weighted by molar-refractivity contribution is 0.509. The number of allylic oxidation sites excluding steroid dienone is 2. The van der Waals surface area contributed by atoms with Crippen molar-refractivity contribution < 1.29 is 0 Å². The summed E-state index contributed by atoms with van der Waals surface area (Å²) in [6, 6.07) is 19.8. The van der Waals surface area contributed by atoms with Gasteiger partial charge in [-0.1, -0.05) is 73.8 Å². The summed E-state index contributed by atoms with van der Waals surface area (Å²) in [5.41, 5.74) is 6.52. The molecule has 1 atom stereocenters. The smallest absolute Gasteiger partial charge is 0.131 e. The van der Waals surface area contributed by atoms with Crippen molar-refractivity contribution in [2.45, 2.75) is 51.4 Å². The van der Waals surface area contributed by atoms with Crippen molar-refractivity contribution in [2.75, 3.05) is 0 Å². The number of hydrogen-bond donors (Lipinski definition) is 1. The third kappa shape index (κ3) is 3.71. The van der Waals surface area contributed by atoms with Crippen molar-refractivity contribution in [2.24, 2.45) is 0 Å². The Bertz CT molecular complexity index is 738. The highest BCUT2D eigenvalue weighted by molar-refractivity contribution is 6.77. The molecule has 0 saturated carbocycles. The van der Waals surface area contributed by atoms with Gasteiger partial charge in [-0.3, -0.25) is 0 Å². The molecule has 2 aromatic rings. The third-order valence-electron chi connectivity index (χ3n) is 4.72. The molecule has 2 heteroatoms. The Balaban J connectivity index is 1.96. The Morgan fingerprint density at radius 3 is 2.21 bits per heavy atom. The van der Waals surface area contributed by atoms with Crippen molar-refractivity contribution in [3.8, 4) is 0 Å². The van der Waals surface area contributed by atoms with Gasteiger partial charge >= 0.3 is 0 Å². The monoisotopic (exact) mass is 335 g/mol. The van der Waals surface area contributed by atoms with Crippen LogP contribution in [0.3, 0.4) is 0 Å². The van der Waals surface area contributed by atoms with Crippen LogP contribution in [0.25, 0.3) is 5.57 Å². The third-order valence-corrected chi connectivity index (χ3v) is 8.15. The number of benzene rings is 2. The maximum absolute atomic E-state index is 3.96. The van der Waals surface area contributed by atoms with E-state index in [9.17, 15) is 0 Å². The van der Waals surface area contributed by atoms with Crippen molar-refractivity contribution in [3.05, 3.63) is 77.4 Å². The van der Waals surface area contributed by atoms with Gasteiger partial charge < -0.3 is 4.98 Å². The molecule has 0 saturated heterocycles. The number of nitrogens with one attached hydrogen (secondary N) is 1. The number of hydrogen-bond acceptors (Lipinski definition) is 1. The highest BCUT2D eigenvalue weighted by Gasteiger charge is 2.39. The van der Waals surface area contributed by atoms with Crippen LogP contribution in [0.5, 0.6) is 0 Å². The van der Waals surface area contributed by atoms with Crippen LogP contribution in [0.2, 0.25) is 13.1 Å². The molecule has 0 fully saturated rings. The highest BCUT2D eigenvalue weighted by Crippen LogP contribution is 2.41. The fourth-order valence-electron chi connectivity index (χ4n) is 4.05. The fraction of sp³-hybridized carbons (Fsp3) is 0.364. The van der Waals surface area contributed by atoms with Gasteiger partial charge in [-0.2, -0.15) is 0 Å². The van der Waals surface area contributed by atoms with E-state index in [1.165, 1.54) is 22.3 Å². The average Bonchev–Trinajstić information content (AvgIpc) is 2.86. The summed E-state index contributed by atoms with van der Waals surface area (Å²) in [5, 5.41) is 0. The second-order valence-corrected chi connectivity index (χ2v) is 12.8. The standard InChI is InChI=1S/C22H29NSi/c1-22(2,3)23-24(4,5)21-16-18(15-17-11-7-6-8-12-17)19-13-9-10-14-20(19)21/h6-14,16,21,23H,15H2,1-5H3. The minimum Gasteiger partial charge on any atom is -0.332 e. The Morgan fingerprint density at radius 1 is 0.917 bits per heavy atom. The van der Waals surface area contributed by atoms with Crippen molar-refractivity contribution in [1.29, 1.82) is 0 Å². The van der Waals surface area contributed by atoms with E-state index in [0.29, 0.717) is 5.54 Å². The Hall–Kier alpha value is -1.64. The van der Waals surface area contributed by atoms with Crippen molar-refractivity contribution in [3.63, 3.8) is 0 Å². The largest absolute Gasteiger partial charge is 0.332 e. The van der Waals surface area contributed by atoms with Gasteiger partial charge in [-0.15, -0.1) is 0 Å². The van der Waals surface area contributed by atoms with Crippen LogP contribution in [-0.2, 0) is 6.42 Å². The molecule has 0 aliphatic heterocycles. The zero-order chi connectivity index (χ0) is 17.4. The molecule has 126 valence electrons. The van der Waals surface area contributed by atoms with Crippen molar-refractivity contribution >= 4 is 13.8 Å². The lowest BCUT2D eigenvalue weighted by atomic mass is 9.99. The first-order chi connectivity index (χ1) is 11.3. The molecular weight excluding hydrogens is 306 g/mol. The van der Waals surface area contributed by atoms with Crippen molar-refractivity contribution in [1.82, 2.24) is 4.98 Å². The lowest BCUT2D eigenvalue weighted by Crippen LogP contribution is -2.57. The normalized spacial score (nSPS) is 17.5. The Kier molecular flexibility index (Phi) is 4.54. The van der Waals surface area contributed by atoms with Crippen LogP contribution in [0.4, 0.5) is 0 Å². The molecule has 3 rings (SSSR count). The molecule has 1 aliphatic carbocycles. The van der Waals surface area contributed by atoms with E-state index in [-0.39, 0.29) is 5.54 Å². The van der Waals surface area contributed by atoms with Crippen LogP contribution in [0.1, 0.15) is 43.0 Å². The maximum atomic E-state index is 3.96. The first-order valence-corrected chi connectivity index (χ1v) is 12.0. The van der Waals surface area contributed by atoms with Gasteiger partial charge in [-0.05, 0) is 49.5 Å². The molecule has 0 heterocycles. The van der Waals surface area contributed by atoms with Gasteiger partial charge in [0.05, 0.1) is 0 Å². The second-order valence-electron chi connectivity index (χ2n) is 8.52. The molecule has 0 amide bonds. The average molecular weight is 336 g/mol. The molecule has 0 bridgehead atoms. The van der Waals surface area contributed by atoms with E-state index < -0.39 is 8.24 Å². The molecule has 0 radical (unpaired) electrons. The second kappa shape index (κ2) is 6.34. The van der Waals surface area contributed by atoms with Crippen LogP contribution in [0.15, 0.2) is 60.7 Å². The van der Waals surface area contributed by atoms with E-state index in [1.807, 2.05) is 0 Å². The van der Waals surface area contributed by atoms with E-state index in [2.05, 4.69) is 99.5 Å². The summed E-state index contributed by atoms with van der Waals surface area (Å²) in [6.45, 7) is 11.7. The minimum absolute atomic E-state index is 0.153. The topological polar surface area (TPSA) is 12.0 Å². The van der Waals surface area contributed by atoms with Gasteiger partial charge in [-0.25, -0.2) is 0 Å². The Labute approximate surface area is 147 Å². The molecule has 0 aromatic heterocycles. The van der Waals surface area contributed by atoms with Crippen LogP contribution < -0.4 is 4.98 Å². The van der Waals surface area contributed by atoms with Gasteiger partial charge in [0.1, 0.15) is 8.24 Å². The molecule has 24 heavy (non-hydrogen) atoms. The van der Waals surface area contributed by atoms with Crippen LogP contribution >= 0.6 is 0 Å². The summed E-state index contributed by atoms with van der Waals surface area (Å²) in [7, 11) is -1.64. The predicted octanol–water partition coefficient (Wildman–Crippen LogP) is 5.54. The lowest BCUT2D eigenvalue weighted by Gasteiger charge is -2.37. The van der Waals surface area contributed by atoms with E-state index in [4.69, 9.17) is 0 Å². The summed E-state index contributed by atoms with van der Waals surface area (Å²) < 4.78 is 0. The van der Waals surface area contributed by atoms with E-state index >= 15 is 0 Å². The zero-order valence-electron chi connectivity index (χ0n) is 15.6. The van der Waals surface area contributed by atoms with E-state index in [1.54, 1.807) is 0 Å². The molecule has 2 aromatic carbocycles. The quantitative estimate of drug-likeness (QED) is 0.723. The summed E-state index contributed by atoms with van der Waals surface area (Å²) in [4.78, 5) is 3.96. The summed E-state index contributed by atoms with van der Waals surface area (Å²) in [6.07, 6.45) is 3.57. The first-order valence-electron chi connectivity index (χ1n) is 8.89. The van der Waals surface area contributed by atoms with Gasteiger partial charge in [0.2, 0.25) is 0 Å². The molecule has 1 N–H and O–H groups in total. The predicted molar refractivity (Wildman–Crippen MR) is 108 cm³/mol. The van der Waals surface area contributed by atoms with Crippen LogP contribution in [0, 0.1) is 0 Å². The molecule has 0 spiro atoms. The zero-order valence-corrected chi connectivity index (χ0v) is 16.6.